The average Bonchev–Trinajstić information content (AvgIpc) is 2.10. The van der Waals surface area contributed by atoms with Crippen molar-refractivity contribution in [3.63, 3.8) is 0 Å². The zero-order chi connectivity index (χ0) is 10.6. The molecule has 1 aromatic rings. The van der Waals surface area contributed by atoms with E-state index in [4.69, 9.17) is 0 Å². The molecule has 78 valence electrons. The van der Waals surface area contributed by atoms with Gasteiger partial charge in [-0.25, -0.2) is 8.42 Å². The van der Waals surface area contributed by atoms with Crippen LogP contribution in [0.25, 0.3) is 0 Å². The van der Waals surface area contributed by atoms with Gasteiger partial charge in [-0.1, -0.05) is 44.0 Å². The van der Waals surface area contributed by atoms with E-state index in [0.29, 0.717) is 0 Å². The molecule has 0 spiro atoms. The van der Waals surface area contributed by atoms with Gasteiger partial charge in [-0.2, -0.15) is 0 Å². The zero-order valence-corrected chi connectivity index (χ0v) is 11.4. The van der Waals surface area contributed by atoms with Gasteiger partial charge < -0.3 is 0 Å². The molecule has 0 N–H and O–H groups in total. The summed E-state index contributed by atoms with van der Waals surface area (Å²) in [5, 5.41) is 0.911. The summed E-state index contributed by atoms with van der Waals surface area (Å²) in [6, 6.07) is 5.78. The highest BCUT2D eigenvalue weighted by atomic mass is 79.9. The van der Waals surface area contributed by atoms with Gasteiger partial charge in [0, 0.05) is 9.80 Å². The molecular formula is C9H10Br2O2S. The van der Waals surface area contributed by atoms with Crippen molar-refractivity contribution >= 4 is 42.6 Å². The lowest BCUT2D eigenvalue weighted by molar-refractivity contribution is 0.614. The van der Waals surface area contributed by atoms with Crippen LogP contribution in [0, 0.1) is 0 Å². The quantitative estimate of drug-likeness (QED) is 0.674. The van der Waals surface area contributed by atoms with Crippen LogP contribution in [0.5, 0.6) is 0 Å². The van der Waals surface area contributed by atoms with E-state index in [9.17, 15) is 8.42 Å². The highest BCUT2D eigenvalue weighted by Gasteiger charge is 2.02. The molecule has 0 heterocycles. The third-order valence-electron chi connectivity index (χ3n) is 1.80. The molecule has 0 aliphatic rings. The minimum atomic E-state index is -2.35. The number of benzene rings is 1. The lowest BCUT2D eigenvalue weighted by Crippen LogP contribution is -1.92. The predicted octanol–water partition coefficient (Wildman–Crippen LogP) is 2.50. The summed E-state index contributed by atoms with van der Waals surface area (Å²) in [6.45, 7) is 0. The third kappa shape index (κ3) is 3.71. The van der Waals surface area contributed by atoms with Gasteiger partial charge in [0.25, 0.3) is 0 Å². The zero-order valence-electron chi connectivity index (χ0n) is 7.37. The largest absolute Gasteiger partial charge is 0.232 e. The van der Waals surface area contributed by atoms with Gasteiger partial charge in [-0.3, -0.25) is 0 Å². The van der Waals surface area contributed by atoms with Gasteiger partial charge in [0.15, 0.2) is 0 Å². The van der Waals surface area contributed by atoms with Crippen LogP contribution < -0.4 is 0 Å². The first-order chi connectivity index (χ1) is 6.63. The van der Waals surface area contributed by atoms with Crippen LogP contribution in [0.3, 0.4) is 0 Å². The Bertz CT molecular complexity index is 380. The molecule has 0 aliphatic carbocycles. The number of alkyl halides is 1. The normalized spacial score (nSPS) is 10.8. The molecule has 0 atom stereocenters. The summed E-state index contributed by atoms with van der Waals surface area (Å²) >= 11 is 6.72. The van der Waals surface area contributed by atoms with Crippen molar-refractivity contribution in [3.8, 4) is 0 Å². The molecule has 0 radical (unpaired) electrons. The van der Waals surface area contributed by atoms with Crippen molar-refractivity contribution in [1.82, 2.24) is 0 Å². The molecule has 1 aromatic carbocycles. The van der Waals surface area contributed by atoms with Crippen LogP contribution >= 0.6 is 31.9 Å². The maximum Gasteiger partial charge on any atom is 0.144 e. The Kier molecular flexibility index (Phi) is 5.12. The maximum absolute atomic E-state index is 10.5. The summed E-state index contributed by atoms with van der Waals surface area (Å²) in [4.78, 5) is 0. The fourth-order valence-corrected chi connectivity index (χ4v) is 2.92. The lowest BCUT2D eigenvalue weighted by atomic mass is 10.1. The molecule has 1 rings (SSSR count). The fourth-order valence-electron chi connectivity index (χ4n) is 1.12. The van der Waals surface area contributed by atoms with E-state index in [1.54, 1.807) is 0 Å². The van der Waals surface area contributed by atoms with Crippen molar-refractivity contribution in [1.29, 1.82) is 0 Å². The van der Waals surface area contributed by atoms with E-state index < -0.39 is 10.7 Å². The van der Waals surface area contributed by atoms with Crippen molar-refractivity contribution in [2.75, 3.05) is 5.33 Å². The number of hydrogen-bond acceptors (Lipinski definition) is 2. The molecule has 0 saturated carbocycles. The Hall–Kier alpha value is 0.130. The van der Waals surface area contributed by atoms with E-state index in [-0.39, 0.29) is 5.75 Å². The smallest absolute Gasteiger partial charge is 0.144 e. The summed E-state index contributed by atoms with van der Waals surface area (Å²) in [5.41, 5.74) is 2.01. The Morgan fingerprint density at radius 1 is 1.29 bits per heavy atom. The second kappa shape index (κ2) is 5.88. The standard InChI is InChI=1S/C9H10Br2O2S/c10-4-3-7-1-2-8(6-14(12)13)9(11)5-7/h1-2,5,14H,3-4,6H2. The predicted molar refractivity (Wildman–Crippen MR) is 65.7 cm³/mol. The first-order valence-electron chi connectivity index (χ1n) is 4.08. The van der Waals surface area contributed by atoms with Gasteiger partial charge in [-0.15, -0.1) is 0 Å². The van der Waals surface area contributed by atoms with Crippen LogP contribution in [-0.4, -0.2) is 13.7 Å². The highest BCUT2D eigenvalue weighted by Crippen LogP contribution is 2.20. The summed E-state index contributed by atoms with van der Waals surface area (Å²) < 4.78 is 22.0. The number of rotatable bonds is 4. The Morgan fingerprint density at radius 3 is 2.50 bits per heavy atom. The first kappa shape index (κ1) is 12.2. The van der Waals surface area contributed by atoms with E-state index in [2.05, 4.69) is 31.9 Å². The van der Waals surface area contributed by atoms with Crippen LogP contribution in [0.1, 0.15) is 11.1 Å². The molecule has 0 amide bonds. The Labute approximate surface area is 102 Å². The molecule has 0 aliphatic heterocycles. The van der Waals surface area contributed by atoms with Gasteiger partial charge >= 0.3 is 0 Å². The molecule has 0 bridgehead atoms. The second-order valence-corrected chi connectivity index (χ2v) is 5.48. The monoisotopic (exact) mass is 340 g/mol. The third-order valence-corrected chi connectivity index (χ3v) is 3.53. The lowest BCUT2D eigenvalue weighted by Gasteiger charge is -2.03. The number of thiol groups is 1. The summed E-state index contributed by atoms with van der Waals surface area (Å²) in [7, 11) is -2.35. The topological polar surface area (TPSA) is 34.1 Å². The minimum Gasteiger partial charge on any atom is -0.232 e. The molecule has 0 aromatic heterocycles. The van der Waals surface area contributed by atoms with Crippen LogP contribution in [-0.2, 0) is 22.9 Å². The van der Waals surface area contributed by atoms with Crippen LogP contribution in [0.4, 0.5) is 0 Å². The van der Waals surface area contributed by atoms with E-state index in [1.165, 1.54) is 5.56 Å². The second-order valence-electron chi connectivity index (χ2n) is 2.86. The average molecular weight is 342 g/mol. The Morgan fingerprint density at radius 2 is 2.00 bits per heavy atom. The molecule has 0 unspecified atom stereocenters. The number of hydrogen-bond donors (Lipinski definition) is 1. The molecular weight excluding hydrogens is 332 g/mol. The summed E-state index contributed by atoms with van der Waals surface area (Å²) in [5.74, 6) is 0.102. The SMILES string of the molecule is O=[SH](=O)Cc1ccc(CCBr)cc1Br. The van der Waals surface area contributed by atoms with E-state index >= 15 is 0 Å². The summed E-state index contributed by atoms with van der Waals surface area (Å²) in [6.07, 6.45) is 0.947. The first-order valence-corrected chi connectivity index (χ1v) is 7.36. The maximum atomic E-state index is 10.5. The van der Waals surface area contributed by atoms with E-state index in [1.807, 2.05) is 18.2 Å². The highest BCUT2D eigenvalue weighted by molar-refractivity contribution is 9.10. The molecule has 0 fully saturated rings. The van der Waals surface area contributed by atoms with Crippen molar-refractivity contribution < 1.29 is 8.42 Å². The van der Waals surface area contributed by atoms with Gasteiger partial charge in [0.05, 0.1) is 5.75 Å². The molecule has 0 saturated heterocycles. The molecule has 5 heteroatoms. The Balaban J connectivity index is 2.89. The van der Waals surface area contributed by atoms with E-state index in [0.717, 1.165) is 21.8 Å². The molecule has 14 heavy (non-hydrogen) atoms. The van der Waals surface area contributed by atoms with Crippen molar-refractivity contribution in [2.45, 2.75) is 12.2 Å². The fraction of sp³-hybridized carbons (Fsp3) is 0.333. The van der Waals surface area contributed by atoms with Gasteiger partial charge in [-0.05, 0) is 23.6 Å². The minimum absolute atomic E-state index is 0.102. The van der Waals surface area contributed by atoms with Crippen LogP contribution in [0.2, 0.25) is 0 Å². The molecule has 2 nitrogen and oxygen atoms in total. The number of halogens is 2. The van der Waals surface area contributed by atoms with Crippen molar-refractivity contribution in [2.24, 2.45) is 0 Å². The van der Waals surface area contributed by atoms with Crippen molar-refractivity contribution in [3.05, 3.63) is 33.8 Å². The number of aryl methyl sites for hydroxylation is 1. The van der Waals surface area contributed by atoms with Gasteiger partial charge in [0.2, 0.25) is 0 Å². The van der Waals surface area contributed by atoms with Crippen LogP contribution in [0.15, 0.2) is 22.7 Å². The van der Waals surface area contributed by atoms with Gasteiger partial charge in [0.1, 0.15) is 10.7 Å².